The maximum absolute atomic E-state index is 6.54. The Bertz CT molecular complexity index is 3080. The lowest BCUT2D eigenvalue weighted by molar-refractivity contribution is 0.661. The molecule has 11 rings (SSSR count). The van der Waals surface area contributed by atoms with E-state index in [4.69, 9.17) is 4.42 Å². The van der Waals surface area contributed by atoms with Crippen molar-refractivity contribution < 1.29 is 4.42 Å². The molecule has 0 N–H and O–H groups in total. The Kier molecular flexibility index (Phi) is 6.33. The van der Waals surface area contributed by atoms with Gasteiger partial charge < -0.3 is 8.98 Å². The van der Waals surface area contributed by atoms with E-state index in [2.05, 4.69) is 188 Å². The molecule has 0 radical (unpaired) electrons. The summed E-state index contributed by atoms with van der Waals surface area (Å²) < 4.78 is 9.01. The van der Waals surface area contributed by atoms with E-state index in [1.165, 1.54) is 55.2 Å². The number of furan rings is 1. The number of para-hydroxylation sites is 3. The second-order valence-electron chi connectivity index (χ2n) is 14.9. The standard InChI is InChI=1S/C51H35NO/c1-51(2)45-23-9-6-18-39(45)43-30-44-40-19-7-10-24-47(40)52(48(44)31-46(43)51)37-17-12-16-33(29-37)35-26-34(32-14-4-3-5-15-32)27-36(28-35)38-21-13-22-42-41-20-8-11-25-49(41)53-50(38)42/h3-31H,1-2H3. The minimum atomic E-state index is -0.0831. The first kappa shape index (κ1) is 30.0. The summed E-state index contributed by atoms with van der Waals surface area (Å²) in [5, 5.41) is 4.83. The first-order chi connectivity index (χ1) is 26.0. The molecule has 53 heavy (non-hydrogen) atoms. The molecule has 0 bridgehead atoms. The van der Waals surface area contributed by atoms with Gasteiger partial charge in [-0.05, 0) is 105 Å². The van der Waals surface area contributed by atoms with Crippen molar-refractivity contribution in [2.75, 3.05) is 0 Å². The van der Waals surface area contributed by atoms with E-state index in [1.54, 1.807) is 0 Å². The Morgan fingerprint density at radius 1 is 0.396 bits per heavy atom. The normalized spacial score (nSPS) is 13.2. The molecule has 0 spiro atoms. The molecule has 0 amide bonds. The predicted molar refractivity (Wildman–Crippen MR) is 222 cm³/mol. The molecule has 250 valence electrons. The van der Waals surface area contributed by atoms with E-state index in [-0.39, 0.29) is 5.41 Å². The van der Waals surface area contributed by atoms with Gasteiger partial charge in [-0.2, -0.15) is 0 Å². The molecule has 10 aromatic rings. The summed E-state index contributed by atoms with van der Waals surface area (Å²) in [5.74, 6) is 0. The minimum Gasteiger partial charge on any atom is -0.455 e. The fourth-order valence-corrected chi connectivity index (χ4v) is 8.99. The van der Waals surface area contributed by atoms with Crippen LogP contribution in [0.2, 0.25) is 0 Å². The van der Waals surface area contributed by atoms with E-state index in [0.29, 0.717) is 0 Å². The van der Waals surface area contributed by atoms with Gasteiger partial charge in [0.05, 0.1) is 11.0 Å². The molecule has 1 aliphatic carbocycles. The van der Waals surface area contributed by atoms with Gasteiger partial charge in [-0.25, -0.2) is 0 Å². The Hall–Kier alpha value is -6.64. The first-order valence-corrected chi connectivity index (χ1v) is 18.4. The van der Waals surface area contributed by atoms with Crippen molar-refractivity contribution >= 4 is 43.7 Å². The molecular formula is C51H35NO. The van der Waals surface area contributed by atoms with Crippen LogP contribution < -0.4 is 0 Å². The summed E-state index contributed by atoms with van der Waals surface area (Å²) in [5.41, 5.74) is 17.7. The molecule has 1 aliphatic rings. The Morgan fingerprint density at radius 2 is 1.06 bits per heavy atom. The lowest BCUT2D eigenvalue weighted by Gasteiger charge is -2.21. The number of benzene rings is 8. The van der Waals surface area contributed by atoms with Crippen LogP contribution >= 0.6 is 0 Å². The summed E-state index contributed by atoms with van der Waals surface area (Å²) >= 11 is 0. The van der Waals surface area contributed by atoms with E-state index >= 15 is 0 Å². The highest BCUT2D eigenvalue weighted by Crippen LogP contribution is 2.51. The number of aromatic nitrogens is 1. The van der Waals surface area contributed by atoms with Crippen LogP contribution in [0.5, 0.6) is 0 Å². The van der Waals surface area contributed by atoms with Gasteiger partial charge in [-0.15, -0.1) is 0 Å². The highest BCUT2D eigenvalue weighted by Gasteiger charge is 2.36. The van der Waals surface area contributed by atoms with Gasteiger partial charge in [0.1, 0.15) is 11.2 Å². The summed E-state index contributed by atoms with van der Waals surface area (Å²) in [4.78, 5) is 0. The molecule has 0 fully saturated rings. The van der Waals surface area contributed by atoms with Crippen LogP contribution in [-0.2, 0) is 5.41 Å². The molecule has 0 unspecified atom stereocenters. The van der Waals surface area contributed by atoms with Gasteiger partial charge >= 0.3 is 0 Å². The molecule has 2 nitrogen and oxygen atoms in total. The van der Waals surface area contributed by atoms with Crippen LogP contribution in [0.15, 0.2) is 180 Å². The van der Waals surface area contributed by atoms with Crippen molar-refractivity contribution in [2.45, 2.75) is 19.3 Å². The number of fused-ring (bicyclic) bond motifs is 9. The Labute approximate surface area is 308 Å². The van der Waals surface area contributed by atoms with E-state index in [1.807, 2.05) is 6.07 Å². The van der Waals surface area contributed by atoms with Crippen LogP contribution in [-0.4, -0.2) is 4.57 Å². The number of hydrogen-bond donors (Lipinski definition) is 0. The van der Waals surface area contributed by atoms with E-state index < -0.39 is 0 Å². The van der Waals surface area contributed by atoms with E-state index in [0.717, 1.165) is 49.9 Å². The molecule has 2 aromatic heterocycles. The van der Waals surface area contributed by atoms with E-state index in [9.17, 15) is 0 Å². The molecule has 0 atom stereocenters. The van der Waals surface area contributed by atoms with Crippen LogP contribution in [0, 0.1) is 0 Å². The van der Waals surface area contributed by atoms with Crippen molar-refractivity contribution in [3.05, 3.63) is 187 Å². The topological polar surface area (TPSA) is 18.1 Å². The average Bonchev–Trinajstić information content (AvgIpc) is 3.83. The summed E-state index contributed by atoms with van der Waals surface area (Å²) in [6.45, 7) is 4.72. The first-order valence-electron chi connectivity index (χ1n) is 18.4. The molecular weight excluding hydrogens is 643 g/mol. The van der Waals surface area contributed by atoms with Crippen molar-refractivity contribution in [3.63, 3.8) is 0 Å². The lowest BCUT2D eigenvalue weighted by Crippen LogP contribution is -2.14. The molecule has 2 heterocycles. The molecule has 2 heteroatoms. The zero-order valence-electron chi connectivity index (χ0n) is 29.6. The molecule has 8 aromatic carbocycles. The van der Waals surface area contributed by atoms with Gasteiger partial charge in [-0.3, -0.25) is 0 Å². The fourth-order valence-electron chi connectivity index (χ4n) is 8.99. The third-order valence-electron chi connectivity index (χ3n) is 11.6. The number of nitrogens with zero attached hydrogens (tertiary/aromatic N) is 1. The second kappa shape index (κ2) is 11.2. The fraction of sp³-hybridized carbons (Fsp3) is 0.0588. The monoisotopic (exact) mass is 677 g/mol. The summed E-state index contributed by atoms with van der Waals surface area (Å²) in [6.07, 6.45) is 0. The zero-order chi connectivity index (χ0) is 35.3. The Balaban J connectivity index is 1.13. The van der Waals surface area contributed by atoms with Gasteiger partial charge in [0.25, 0.3) is 0 Å². The summed E-state index contributed by atoms with van der Waals surface area (Å²) in [7, 11) is 0. The van der Waals surface area contributed by atoms with Crippen LogP contribution in [0.1, 0.15) is 25.0 Å². The maximum Gasteiger partial charge on any atom is 0.143 e. The maximum atomic E-state index is 6.54. The third-order valence-corrected chi connectivity index (χ3v) is 11.6. The SMILES string of the molecule is CC1(C)c2ccccc2-c2cc3c4ccccc4n(-c4cccc(-c5cc(-c6ccccc6)cc(-c6cccc7c6oc6ccccc67)c5)c4)c3cc21. The second-order valence-corrected chi connectivity index (χ2v) is 14.9. The quantitative estimate of drug-likeness (QED) is 0.181. The third kappa shape index (κ3) is 4.45. The van der Waals surface area contributed by atoms with Crippen LogP contribution in [0.25, 0.3) is 93.9 Å². The van der Waals surface area contributed by atoms with Crippen molar-refractivity contribution in [1.29, 1.82) is 0 Å². The largest absolute Gasteiger partial charge is 0.455 e. The van der Waals surface area contributed by atoms with Crippen LogP contribution in [0.4, 0.5) is 0 Å². The van der Waals surface area contributed by atoms with Gasteiger partial charge in [0.15, 0.2) is 0 Å². The Morgan fingerprint density at radius 3 is 1.94 bits per heavy atom. The smallest absolute Gasteiger partial charge is 0.143 e. The van der Waals surface area contributed by atoms with Gasteiger partial charge in [-0.1, -0.05) is 135 Å². The van der Waals surface area contributed by atoms with Gasteiger partial charge in [0, 0.05) is 38.2 Å². The number of hydrogen-bond acceptors (Lipinski definition) is 1. The molecule has 0 aliphatic heterocycles. The van der Waals surface area contributed by atoms with Crippen molar-refractivity contribution in [2.24, 2.45) is 0 Å². The highest BCUT2D eigenvalue weighted by atomic mass is 16.3. The average molecular weight is 678 g/mol. The predicted octanol–water partition coefficient (Wildman–Crippen LogP) is 14.0. The summed E-state index contributed by atoms with van der Waals surface area (Å²) in [6, 6.07) is 64.2. The van der Waals surface area contributed by atoms with Crippen molar-refractivity contribution in [3.8, 4) is 50.2 Å². The van der Waals surface area contributed by atoms with Crippen molar-refractivity contribution in [1.82, 2.24) is 4.57 Å². The zero-order valence-corrected chi connectivity index (χ0v) is 29.6. The van der Waals surface area contributed by atoms with Crippen LogP contribution in [0.3, 0.4) is 0 Å². The highest BCUT2D eigenvalue weighted by molar-refractivity contribution is 6.12. The minimum absolute atomic E-state index is 0.0831. The molecule has 0 saturated carbocycles. The molecule has 0 saturated heterocycles. The van der Waals surface area contributed by atoms with Gasteiger partial charge in [0.2, 0.25) is 0 Å². The lowest BCUT2D eigenvalue weighted by atomic mass is 9.82. The number of rotatable bonds is 4.